The number of aryl methyl sites for hydroxylation is 1. The van der Waals surface area contributed by atoms with Gasteiger partial charge in [-0.1, -0.05) is 55.8 Å². The molecule has 0 atom stereocenters. The third-order valence-corrected chi connectivity index (χ3v) is 4.19. The van der Waals surface area contributed by atoms with Gasteiger partial charge in [0.1, 0.15) is 0 Å². The maximum absolute atomic E-state index is 12.3. The maximum Gasteiger partial charge on any atom is 0.257 e. The Morgan fingerprint density at radius 3 is 2.31 bits per heavy atom. The van der Waals surface area contributed by atoms with Gasteiger partial charge < -0.3 is 9.84 Å². The fourth-order valence-corrected chi connectivity index (χ4v) is 2.52. The highest BCUT2D eigenvalue weighted by Crippen LogP contribution is 2.22. The quantitative estimate of drug-likeness (QED) is 0.764. The smallest absolute Gasteiger partial charge is 0.257 e. The maximum atomic E-state index is 12.3. The molecule has 0 aliphatic heterocycles. The van der Waals surface area contributed by atoms with Crippen LogP contribution in [0.15, 0.2) is 53.1 Å². The summed E-state index contributed by atoms with van der Waals surface area (Å²) in [5.41, 5.74) is 3.89. The molecular formula is C21H23N3O2. The van der Waals surface area contributed by atoms with Gasteiger partial charge in [0.15, 0.2) is 5.82 Å². The van der Waals surface area contributed by atoms with E-state index in [0.717, 1.165) is 5.56 Å². The van der Waals surface area contributed by atoms with E-state index in [1.54, 1.807) is 0 Å². The van der Waals surface area contributed by atoms with Crippen LogP contribution in [0.4, 0.5) is 0 Å². The van der Waals surface area contributed by atoms with Crippen LogP contribution in [0.3, 0.4) is 0 Å². The molecule has 5 nitrogen and oxygen atoms in total. The van der Waals surface area contributed by atoms with Gasteiger partial charge in [-0.2, -0.15) is 4.98 Å². The molecule has 0 saturated carbocycles. The molecule has 3 rings (SSSR count). The van der Waals surface area contributed by atoms with Gasteiger partial charge in [-0.25, -0.2) is 0 Å². The van der Waals surface area contributed by atoms with Gasteiger partial charge in [-0.3, -0.25) is 4.79 Å². The minimum Gasteiger partial charge on any atom is -0.345 e. The summed E-state index contributed by atoms with van der Waals surface area (Å²) >= 11 is 0. The Morgan fingerprint density at radius 2 is 1.69 bits per heavy atom. The molecule has 1 N–H and O–H groups in total. The topological polar surface area (TPSA) is 68.0 Å². The Balaban J connectivity index is 1.62. The second-order valence-electron chi connectivity index (χ2n) is 7.39. The average Bonchev–Trinajstić information content (AvgIpc) is 3.08. The highest BCUT2D eigenvalue weighted by molar-refractivity contribution is 5.94. The monoisotopic (exact) mass is 349 g/mol. The van der Waals surface area contributed by atoms with E-state index in [1.807, 2.05) is 55.5 Å². The summed E-state index contributed by atoms with van der Waals surface area (Å²) in [6.07, 6.45) is 0. The van der Waals surface area contributed by atoms with Crippen LogP contribution in [-0.4, -0.2) is 16.0 Å². The van der Waals surface area contributed by atoms with E-state index >= 15 is 0 Å². The van der Waals surface area contributed by atoms with Crippen molar-refractivity contribution in [1.29, 1.82) is 0 Å². The van der Waals surface area contributed by atoms with Gasteiger partial charge >= 0.3 is 0 Å². The first-order valence-electron chi connectivity index (χ1n) is 8.61. The number of hydrogen-bond acceptors (Lipinski definition) is 4. The number of amides is 1. The zero-order valence-electron chi connectivity index (χ0n) is 15.5. The second-order valence-corrected chi connectivity index (χ2v) is 7.39. The van der Waals surface area contributed by atoms with Gasteiger partial charge in [0, 0.05) is 11.1 Å². The van der Waals surface area contributed by atoms with E-state index in [2.05, 4.69) is 36.2 Å². The summed E-state index contributed by atoms with van der Waals surface area (Å²) in [5, 5.41) is 6.75. The minimum absolute atomic E-state index is 0.0615. The first-order chi connectivity index (χ1) is 12.3. The summed E-state index contributed by atoms with van der Waals surface area (Å²) in [4.78, 5) is 16.6. The summed E-state index contributed by atoms with van der Waals surface area (Å²) < 4.78 is 5.27. The molecule has 1 heterocycles. The van der Waals surface area contributed by atoms with E-state index in [4.69, 9.17) is 4.52 Å². The van der Waals surface area contributed by atoms with Crippen molar-refractivity contribution in [1.82, 2.24) is 15.5 Å². The lowest BCUT2D eigenvalue weighted by molar-refractivity contribution is 0.0949. The Labute approximate surface area is 153 Å². The number of hydrogen-bond donors (Lipinski definition) is 1. The number of benzene rings is 2. The van der Waals surface area contributed by atoms with Crippen LogP contribution >= 0.6 is 0 Å². The lowest BCUT2D eigenvalue weighted by Gasteiger charge is -2.19. The first kappa shape index (κ1) is 17.9. The molecule has 0 unspecified atom stereocenters. The number of carbonyl (C=O) groups is 1. The molecule has 0 saturated heterocycles. The van der Waals surface area contributed by atoms with Crippen molar-refractivity contribution >= 4 is 5.91 Å². The Kier molecular flexibility index (Phi) is 4.89. The molecule has 3 aromatic rings. The Morgan fingerprint density at radius 1 is 1.04 bits per heavy atom. The van der Waals surface area contributed by atoms with Gasteiger partial charge in [0.25, 0.3) is 11.8 Å². The average molecular weight is 349 g/mol. The third-order valence-electron chi connectivity index (χ3n) is 4.19. The normalized spacial score (nSPS) is 11.4. The zero-order valence-corrected chi connectivity index (χ0v) is 15.5. The lowest BCUT2D eigenvalue weighted by atomic mass is 9.87. The predicted molar refractivity (Wildman–Crippen MR) is 101 cm³/mol. The third kappa shape index (κ3) is 4.17. The summed E-state index contributed by atoms with van der Waals surface area (Å²) in [5.74, 6) is 0.733. The Hall–Kier alpha value is -2.95. The van der Waals surface area contributed by atoms with Crippen molar-refractivity contribution in [2.75, 3.05) is 0 Å². The molecule has 0 fully saturated rings. The van der Waals surface area contributed by atoms with E-state index in [-0.39, 0.29) is 17.9 Å². The van der Waals surface area contributed by atoms with Crippen molar-refractivity contribution in [2.45, 2.75) is 39.7 Å². The molecule has 134 valence electrons. The van der Waals surface area contributed by atoms with E-state index in [0.29, 0.717) is 17.3 Å². The van der Waals surface area contributed by atoms with Gasteiger partial charge in [-0.15, -0.1) is 0 Å². The van der Waals surface area contributed by atoms with Crippen LogP contribution in [0.1, 0.15) is 48.1 Å². The SMILES string of the molecule is Cc1ccc(-c2nc(CNC(=O)c3ccc(C(C)(C)C)cc3)no2)cc1. The predicted octanol–water partition coefficient (Wildman–Crippen LogP) is 4.27. The van der Waals surface area contributed by atoms with Crippen LogP contribution in [0, 0.1) is 6.92 Å². The van der Waals surface area contributed by atoms with E-state index < -0.39 is 0 Å². The van der Waals surface area contributed by atoms with Gasteiger partial charge in [0.2, 0.25) is 0 Å². The molecule has 1 aromatic heterocycles. The summed E-state index contributed by atoms with van der Waals surface area (Å²) in [6.45, 7) is 8.67. The summed E-state index contributed by atoms with van der Waals surface area (Å²) in [6, 6.07) is 15.5. The lowest BCUT2D eigenvalue weighted by Crippen LogP contribution is -2.23. The van der Waals surface area contributed by atoms with Crippen molar-refractivity contribution in [2.24, 2.45) is 0 Å². The van der Waals surface area contributed by atoms with Gasteiger partial charge in [0.05, 0.1) is 6.54 Å². The highest BCUT2D eigenvalue weighted by atomic mass is 16.5. The molecule has 0 aliphatic rings. The number of rotatable bonds is 4. The van der Waals surface area contributed by atoms with Crippen molar-refractivity contribution < 1.29 is 9.32 Å². The van der Waals surface area contributed by atoms with Crippen molar-refractivity contribution in [3.05, 3.63) is 71.0 Å². The van der Waals surface area contributed by atoms with Crippen molar-refractivity contribution in [3.63, 3.8) is 0 Å². The molecule has 0 radical (unpaired) electrons. The fraction of sp³-hybridized carbons (Fsp3) is 0.286. The number of nitrogens with one attached hydrogen (secondary N) is 1. The first-order valence-corrected chi connectivity index (χ1v) is 8.61. The van der Waals surface area contributed by atoms with Crippen LogP contribution in [0.25, 0.3) is 11.5 Å². The highest BCUT2D eigenvalue weighted by Gasteiger charge is 2.15. The molecule has 26 heavy (non-hydrogen) atoms. The van der Waals surface area contributed by atoms with Crippen molar-refractivity contribution in [3.8, 4) is 11.5 Å². The van der Waals surface area contributed by atoms with Crippen LogP contribution in [0.2, 0.25) is 0 Å². The fourth-order valence-electron chi connectivity index (χ4n) is 2.52. The second kappa shape index (κ2) is 7.12. The molecule has 1 amide bonds. The van der Waals surface area contributed by atoms with Crippen LogP contribution < -0.4 is 5.32 Å². The van der Waals surface area contributed by atoms with Crippen LogP contribution in [0.5, 0.6) is 0 Å². The van der Waals surface area contributed by atoms with E-state index in [1.165, 1.54) is 11.1 Å². The number of aromatic nitrogens is 2. The zero-order chi connectivity index (χ0) is 18.7. The minimum atomic E-state index is -0.160. The molecule has 2 aromatic carbocycles. The largest absolute Gasteiger partial charge is 0.345 e. The molecule has 0 bridgehead atoms. The molecule has 0 spiro atoms. The van der Waals surface area contributed by atoms with E-state index in [9.17, 15) is 4.79 Å². The number of carbonyl (C=O) groups excluding carboxylic acids is 1. The van der Waals surface area contributed by atoms with Gasteiger partial charge in [-0.05, 0) is 42.2 Å². The van der Waals surface area contributed by atoms with Crippen LogP contribution in [-0.2, 0) is 12.0 Å². The number of nitrogens with zero attached hydrogens (tertiary/aromatic N) is 2. The Bertz CT molecular complexity index is 888. The molecule has 5 heteroatoms. The molecular weight excluding hydrogens is 326 g/mol. The summed E-state index contributed by atoms with van der Waals surface area (Å²) in [7, 11) is 0. The molecule has 0 aliphatic carbocycles. The standard InChI is InChI=1S/C21H23N3O2/c1-14-5-7-16(8-6-14)20-23-18(24-26-20)13-22-19(25)15-9-11-17(12-10-15)21(2,3)4/h5-12H,13H2,1-4H3,(H,22,25).